The third-order valence-corrected chi connectivity index (χ3v) is 4.95. The molecule has 1 aliphatic rings. The van der Waals surface area contributed by atoms with Crippen molar-refractivity contribution in [3.05, 3.63) is 28.2 Å². The van der Waals surface area contributed by atoms with Crippen molar-refractivity contribution in [3.8, 4) is 0 Å². The van der Waals surface area contributed by atoms with Gasteiger partial charge in [-0.05, 0) is 48.8 Å². The van der Waals surface area contributed by atoms with E-state index in [0.29, 0.717) is 29.0 Å². The Morgan fingerprint density at radius 2 is 2.10 bits per heavy atom. The van der Waals surface area contributed by atoms with E-state index in [1.165, 1.54) is 6.42 Å². The smallest absolute Gasteiger partial charge is 0.340 e. The highest BCUT2D eigenvalue weighted by Crippen LogP contribution is 2.36. The number of rotatable bonds is 3. The molecular weight excluding hydrogens is 330 g/mol. The number of esters is 1. The molecule has 1 aliphatic carbocycles. The minimum Gasteiger partial charge on any atom is -0.458 e. The number of anilines is 1. The van der Waals surface area contributed by atoms with Gasteiger partial charge in [0.1, 0.15) is 6.10 Å². The summed E-state index contributed by atoms with van der Waals surface area (Å²) in [6.07, 6.45) is 3.29. The van der Waals surface area contributed by atoms with Gasteiger partial charge in [-0.15, -0.1) is 0 Å². The van der Waals surface area contributed by atoms with Gasteiger partial charge < -0.3 is 10.5 Å². The molecule has 0 amide bonds. The summed E-state index contributed by atoms with van der Waals surface area (Å²) in [5, 5.41) is 0. The van der Waals surface area contributed by atoms with E-state index in [0.717, 1.165) is 17.3 Å². The molecule has 0 aliphatic heterocycles. The van der Waals surface area contributed by atoms with Crippen LogP contribution in [-0.4, -0.2) is 12.1 Å². The van der Waals surface area contributed by atoms with Crippen LogP contribution in [0.1, 0.15) is 50.4 Å². The zero-order chi connectivity index (χ0) is 15.6. The van der Waals surface area contributed by atoms with Gasteiger partial charge in [-0.3, -0.25) is 0 Å². The first-order valence-corrected chi connectivity index (χ1v) is 8.43. The average Bonchev–Trinajstić information content (AvgIpc) is 2.41. The van der Waals surface area contributed by atoms with Gasteiger partial charge in [0.25, 0.3) is 0 Å². The zero-order valence-corrected chi connectivity index (χ0v) is 14.5. The zero-order valence-electron chi connectivity index (χ0n) is 12.9. The molecule has 1 aromatic carbocycles. The lowest BCUT2D eigenvalue weighted by atomic mass is 9.75. The fourth-order valence-electron chi connectivity index (χ4n) is 3.16. The van der Waals surface area contributed by atoms with E-state index in [-0.39, 0.29) is 12.1 Å². The highest BCUT2D eigenvalue weighted by Gasteiger charge is 2.33. The van der Waals surface area contributed by atoms with Gasteiger partial charge in [-0.2, -0.15) is 0 Å². The maximum absolute atomic E-state index is 12.4. The van der Waals surface area contributed by atoms with Crippen LogP contribution < -0.4 is 5.73 Å². The van der Waals surface area contributed by atoms with Crippen LogP contribution in [0.25, 0.3) is 0 Å². The van der Waals surface area contributed by atoms with E-state index >= 15 is 0 Å². The molecule has 1 fully saturated rings. The minimum atomic E-state index is -0.307. The van der Waals surface area contributed by atoms with Crippen molar-refractivity contribution < 1.29 is 9.53 Å². The Balaban J connectivity index is 2.14. The van der Waals surface area contributed by atoms with Crippen molar-refractivity contribution in [1.29, 1.82) is 0 Å². The van der Waals surface area contributed by atoms with E-state index in [1.807, 2.05) is 6.07 Å². The Hall–Kier alpha value is -1.03. The van der Waals surface area contributed by atoms with Crippen LogP contribution in [0.2, 0.25) is 0 Å². The molecule has 0 bridgehead atoms. The molecule has 0 spiro atoms. The Labute approximate surface area is 135 Å². The van der Waals surface area contributed by atoms with Gasteiger partial charge in [-0.25, -0.2) is 4.79 Å². The van der Waals surface area contributed by atoms with Gasteiger partial charge in [0.2, 0.25) is 0 Å². The molecule has 1 aromatic rings. The van der Waals surface area contributed by atoms with E-state index in [9.17, 15) is 4.79 Å². The highest BCUT2D eigenvalue weighted by atomic mass is 79.9. The Morgan fingerprint density at radius 3 is 2.76 bits per heavy atom. The van der Waals surface area contributed by atoms with Crippen LogP contribution in [0, 0.1) is 17.8 Å². The lowest BCUT2D eigenvalue weighted by Crippen LogP contribution is -2.36. The molecule has 3 nitrogen and oxygen atoms in total. The molecule has 0 aromatic heterocycles. The fourth-order valence-corrected chi connectivity index (χ4v) is 3.52. The normalized spacial score (nSPS) is 25.9. The molecule has 21 heavy (non-hydrogen) atoms. The first kappa shape index (κ1) is 16.3. The van der Waals surface area contributed by atoms with Crippen LogP contribution in [0.3, 0.4) is 0 Å². The van der Waals surface area contributed by atoms with Crippen molar-refractivity contribution in [2.75, 3.05) is 5.73 Å². The lowest BCUT2D eigenvalue weighted by Gasteiger charge is -2.36. The summed E-state index contributed by atoms with van der Waals surface area (Å²) in [5.74, 6) is 1.27. The molecule has 116 valence electrons. The van der Waals surface area contributed by atoms with Crippen molar-refractivity contribution in [3.63, 3.8) is 0 Å². The monoisotopic (exact) mass is 353 g/mol. The summed E-state index contributed by atoms with van der Waals surface area (Å²) in [7, 11) is 0. The number of hydrogen-bond acceptors (Lipinski definition) is 3. The molecule has 0 saturated heterocycles. The SMILES string of the molecule is CC1CCC(C(C)C)C(OC(=O)c2cc(Br)ccc2N)C1. The molecule has 2 rings (SSSR count). The predicted molar refractivity (Wildman–Crippen MR) is 89.1 cm³/mol. The lowest BCUT2D eigenvalue weighted by molar-refractivity contribution is -0.0173. The Bertz CT molecular complexity index is 516. The van der Waals surface area contributed by atoms with Gasteiger partial charge in [0.15, 0.2) is 0 Å². The third-order valence-electron chi connectivity index (χ3n) is 4.45. The first-order chi connectivity index (χ1) is 9.88. The molecule has 1 saturated carbocycles. The first-order valence-electron chi connectivity index (χ1n) is 7.64. The standard InChI is InChI=1S/C17H24BrNO2/c1-10(2)13-6-4-11(3)8-16(13)21-17(20)14-9-12(18)5-7-15(14)19/h5,7,9-11,13,16H,4,6,8,19H2,1-3H3. The van der Waals surface area contributed by atoms with E-state index in [2.05, 4.69) is 36.7 Å². The molecule has 3 atom stereocenters. The molecule has 4 heteroatoms. The molecule has 0 radical (unpaired) electrons. The number of nitrogen functional groups attached to an aromatic ring is 1. The third kappa shape index (κ3) is 4.00. The van der Waals surface area contributed by atoms with Gasteiger partial charge >= 0.3 is 5.97 Å². The summed E-state index contributed by atoms with van der Waals surface area (Å²) in [6.45, 7) is 6.63. The molecule has 0 heterocycles. The topological polar surface area (TPSA) is 52.3 Å². The van der Waals surface area contributed by atoms with Crippen molar-refractivity contribution in [1.82, 2.24) is 0 Å². The van der Waals surface area contributed by atoms with Gasteiger partial charge in [0.05, 0.1) is 5.56 Å². The number of halogens is 1. The summed E-state index contributed by atoms with van der Waals surface area (Å²) >= 11 is 3.37. The van der Waals surface area contributed by atoms with Gasteiger partial charge in [-0.1, -0.05) is 43.1 Å². The molecular formula is C17H24BrNO2. The van der Waals surface area contributed by atoms with Crippen molar-refractivity contribution in [2.24, 2.45) is 17.8 Å². The number of ether oxygens (including phenoxy) is 1. The maximum Gasteiger partial charge on any atom is 0.340 e. The summed E-state index contributed by atoms with van der Waals surface area (Å²) < 4.78 is 6.65. The quantitative estimate of drug-likeness (QED) is 0.635. The van der Waals surface area contributed by atoms with Crippen LogP contribution in [0.4, 0.5) is 5.69 Å². The number of nitrogens with two attached hydrogens (primary N) is 1. The average molecular weight is 354 g/mol. The number of carbonyl (C=O) groups is 1. The fraction of sp³-hybridized carbons (Fsp3) is 0.588. The van der Waals surface area contributed by atoms with E-state index < -0.39 is 0 Å². The minimum absolute atomic E-state index is 0.000341. The largest absolute Gasteiger partial charge is 0.458 e. The predicted octanol–water partition coefficient (Wildman–Crippen LogP) is 4.65. The maximum atomic E-state index is 12.4. The van der Waals surface area contributed by atoms with Crippen LogP contribution in [-0.2, 0) is 4.74 Å². The number of hydrogen-bond donors (Lipinski definition) is 1. The van der Waals surface area contributed by atoms with Crippen molar-refractivity contribution in [2.45, 2.75) is 46.1 Å². The second-order valence-corrected chi connectivity index (χ2v) is 7.42. The molecule has 2 N–H and O–H groups in total. The van der Waals surface area contributed by atoms with Crippen LogP contribution >= 0.6 is 15.9 Å². The molecule has 3 unspecified atom stereocenters. The highest BCUT2D eigenvalue weighted by molar-refractivity contribution is 9.10. The summed E-state index contributed by atoms with van der Waals surface area (Å²) in [6, 6.07) is 5.28. The Morgan fingerprint density at radius 1 is 1.38 bits per heavy atom. The van der Waals surface area contributed by atoms with Crippen molar-refractivity contribution >= 4 is 27.6 Å². The van der Waals surface area contributed by atoms with Crippen LogP contribution in [0.5, 0.6) is 0 Å². The van der Waals surface area contributed by atoms with Crippen LogP contribution in [0.15, 0.2) is 22.7 Å². The van der Waals surface area contributed by atoms with Gasteiger partial charge in [0, 0.05) is 10.2 Å². The Kier molecular flexibility index (Phi) is 5.31. The number of carbonyl (C=O) groups excluding carboxylic acids is 1. The second-order valence-electron chi connectivity index (χ2n) is 6.50. The van der Waals surface area contributed by atoms with E-state index in [4.69, 9.17) is 10.5 Å². The van der Waals surface area contributed by atoms with E-state index in [1.54, 1.807) is 12.1 Å². The summed E-state index contributed by atoms with van der Waals surface area (Å²) in [4.78, 5) is 12.4. The number of benzene rings is 1. The summed E-state index contributed by atoms with van der Waals surface area (Å²) in [5.41, 5.74) is 6.81. The second kappa shape index (κ2) is 6.82.